The van der Waals surface area contributed by atoms with Crippen molar-refractivity contribution >= 4 is 29.9 Å². The maximum Gasteiger partial charge on any atom is 0.251 e. The van der Waals surface area contributed by atoms with Crippen molar-refractivity contribution in [3.63, 3.8) is 0 Å². The van der Waals surface area contributed by atoms with Gasteiger partial charge >= 0.3 is 0 Å². The van der Waals surface area contributed by atoms with Gasteiger partial charge in [-0.3, -0.25) is 9.59 Å². The van der Waals surface area contributed by atoms with Gasteiger partial charge in [-0.05, 0) is 56.3 Å². The summed E-state index contributed by atoms with van der Waals surface area (Å²) in [6, 6.07) is 13.0. The molecular formula is C20H23ClFN3O2. The zero-order valence-corrected chi connectivity index (χ0v) is 15.7. The molecule has 1 aliphatic rings. The van der Waals surface area contributed by atoms with Crippen LogP contribution in [-0.4, -0.2) is 24.9 Å². The molecule has 3 N–H and O–H groups in total. The van der Waals surface area contributed by atoms with E-state index in [1.807, 2.05) is 0 Å². The summed E-state index contributed by atoms with van der Waals surface area (Å²) < 4.78 is 13.6. The fourth-order valence-corrected chi connectivity index (χ4v) is 2.95. The highest BCUT2D eigenvalue weighted by Gasteiger charge is 2.20. The van der Waals surface area contributed by atoms with Gasteiger partial charge in [0.15, 0.2) is 0 Å². The van der Waals surface area contributed by atoms with Crippen LogP contribution in [0.1, 0.15) is 28.8 Å². The van der Waals surface area contributed by atoms with E-state index >= 15 is 0 Å². The molecule has 0 radical (unpaired) electrons. The van der Waals surface area contributed by atoms with E-state index in [1.54, 1.807) is 42.5 Å². The Balaban J connectivity index is 0.00000261. The van der Waals surface area contributed by atoms with Gasteiger partial charge in [0, 0.05) is 29.3 Å². The number of benzene rings is 2. The number of nitrogens with one attached hydrogen (secondary N) is 3. The molecule has 1 saturated heterocycles. The Morgan fingerprint density at radius 2 is 1.70 bits per heavy atom. The van der Waals surface area contributed by atoms with E-state index in [4.69, 9.17) is 0 Å². The Morgan fingerprint density at radius 3 is 2.37 bits per heavy atom. The van der Waals surface area contributed by atoms with E-state index in [1.165, 1.54) is 6.07 Å². The average Bonchev–Trinajstić information content (AvgIpc) is 2.68. The lowest BCUT2D eigenvalue weighted by Gasteiger charge is -2.21. The van der Waals surface area contributed by atoms with Gasteiger partial charge in [-0.25, -0.2) is 4.39 Å². The van der Waals surface area contributed by atoms with Crippen molar-refractivity contribution in [3.05, 3.63) is 65.5 Å². The van der Waals surface area contributed by atoms with Crippen LogP contribution in [0.15, 0.2) is 48.5 Å². The second-order valence-electron chi connectivity index (χ2n) is 6.36. The molecular weight excluding hydrogens is 369 g/mol. The molecule has 0 saturated carbocycles. The van der Waals surface area contributed by atoms with Crippen molar-refractivity contribution in [2.45, 2.75) is 19.4 Å². The third-order valence-electron chi connectivity index (χ3n) is 4.52. The Labute approximate surface area is 164 Å². The van der Waals surface area contributed by atoms with Crippen LogP contribution < -0.4 is 16.0 Å². The smallest absolute Gasteiger partial charge is 0.251 e. The Kier molecular flexibility index (Phi) is 7.76. The minimum absolute atomic E-state index is 0. The number of rotatable bonds is 5. The third-order valence-corrected chi connectivity index (χ3v) is 4.52. The van der Waals surface area contributed by atoms with Crippen LogP contribution >= 0.6 is 12.4 Å². The molecule has 5 nitrogen and oxygen atoms in total. The summed E-state index contributed by atoms with van der Waals surface area (Å²) >= 11 is 0. The number of hydrogen-bond donors (Lipinski definition) is 3. The van der Waals surface area contributed by atoms with Crippen LogP contribution in [0.25, 0.3) is 0 Å². The molecule has 3 rings (SSSR count). The molecule has 0 spiro atoms. The Morgan fingerprint density at radius 1 is 1.04 bits per heavy atom. The van der Waals surface area contributed by atoms with Gasteiger partial charge < -0.3 is 16.0 Å². The van der Waals surface area contributed by atoms with Crippen molar-refractivity contribution in [3.8, 4) is 0 Å². The summed E-state index contributed by atoms with van der Waals surface area (Å²) in [6.45, 7) is 1.85. The second kappa shape index (κ2) is 10.0. The molecule has 2 aromatic carbocycles. The van der Waals surface area contributed by atoms with E-state index in [2.05, 4.69) is 16.0 Å². The molecule has 1 aliphatic heterocycles. The highest BCUT2D eigenvalue weighted by atomic mass is 35.5. The quantitative estimate of drug-likeness (QED) is 0.733. The Bertz CT molecular complexity index is 777. The van der Waals surface area contributed by atoms with Crippen LogP contribution in [0.4, 0.5) is 10.1 Å². The zero-order chi connectivity index (χ0) is 18.4. The maximum absolute atomic E-state index is 13.6. The molecule has 2 aromatic rings. The van der Waals surface area contributed by atoms with Gasteiger partial charge in [-0.15, -0.1) is 12.4 Å². The van der Waals surface area contributed by atoms with Crippen LogP contribution in [0.2, 0.25) is 0 Å². The fourth-order valence-electron chi connectivity index (χ4n) is 2.95. The molecule has 0 atom stereocenters. The molecule has 27 heavy (non-hydrogen) atoms. The first kappa shape index (κ1) is 20.9. The van der Waals surface area contributed by atoms with Gasteiger partial charge in [-0.1, -0.05) is 18.2 Å². The van der Waals surface area contributed by atoms with Gasteiger partial charge in [-0.2, -0.15) is 0 Å². The van der Waals surface area contributed by atoms with E-state index in [0.29, 0.717) is 16.8 Å². The molecule has 144 valence electrons. The monoisotopic (exact) mass is 391 g/mol. The molecule has 1 heterocycles. The standard InChI is InChI=1S/C20H22FN3O2.ClH/c21-18-4-2-1-3-16(18)13-23-19(25)14-5-7-17(8-6-14)24-20(26)15-9-11-22-12-10-15;/h1-8,15,22H,9-13H2,(H,23,25)(H,24,26);1H. The van der Waals surface area contributed by atoms with Crippen molar-refractivity contribution in [1.82, 2.24) is 10.6 Å². The topological polar surface area (TPSA) is 70.2 Å². The summed E-state index contributed by atoms with van der Waals surface area (Å²) in [6.07, 6.45) is 1.67. The number of carbonyl (C=O) groups excluding carboxylic acids is 2. The normalized spacial score (nSPS) is 14.1. The average molecular weight is 392 g/mol. The van der Waals surface area contributed by atoms with Crippen LogP contribution in [-0.2, 0) is 11.3 Å². The molecule has 0 aliphatic carbocycles. The lowest BCUT2D eigenvalue weighted by molar-refractivity contribution is -0.120. The van der Waals surface area contributed by atoms with Gasteiger partial charge in [0.05, 0.1) is 0 Å². The lowest BCUT2D eigenvalue weighted by Crippen LogP contribution is -2.34. The number of piperidine rings is 1. The molecule has 2 amide bonds. The van der Waals surface area contributed by atoms with Crippen LogP contribution in [0.5, 0.6) is 0 Å². The zero-order valence-electron chi connectivity index (χ0n) is 14.8. The largest absolute Gasteiger partial charge is 0.348 e. The van der Waals surface area contributed by atoms with E-state index < -0.39 is 0 Å². The SMILES string of the molecule is Cl.O=C(NCc1ccccc1F)c1ccc(NC(=O)C2CCNCC2)cc1. The maximum atomic E-state index is 13.6. The van der Waals surface area contributed by atoms with Gasteiger partial charge in [0.25, 0.3) is 5.91 Å². The van der Waals surface area contributed by atoms with Crippen molar-refractivity contribution in [2.75, 3.05) is 18.4 Å². The number of amides is 2. The summed E-state index contributed by atoms with van der Waals surface area (Å²) in [7, 11) is 0. The lowest BCUT2D eigenvalue weighted by atomic mass is 9.97. The first-order valence-corrected chi connectivity index (χ1v) is 8.77. The van der Waals surface area contributed by atoms with Crippen LogP contribution in [0, 0.1) is 11.7 Å². The second-order valence-corrected chi connectivity index (χ2v) is 6.36. The van der Waals surface area contributed by atoms with Crippen molar-refractivity contribution < 1.29 is 14.0 Å². The van der Waals surface area contributed by atoms with Gasteiger partial charge in [0.2, 0.25) is 5.91 Å². The van der Waals surface area contributed by atoms with Crippen LogP contribution in [0.3, 0.4) is 0 Å². The van der Waals surface area contributed by atoms with Gasteiger partial charge in [0.1, 0.15) is 5.82 Å². The molecule has 1 fully saturated rings. The molecule has 0 bridgehead atoms. The number of carbonyl (C=O) groups is 2. The number of halogens is 2. The highest BCUT2D eigenvalue weighted by Crippen LogP contribution is 2.16. The summed E-state index contributed by atoms with van der Waals surface area (Å²) in [5, 5.41) is 8.82. The highest BCUT2D eigenvalue weighted by molar-refractivity contribution is 5.96. The van der Waals surface area contributed by atoms with E-state index in [-0.39, 0.29) is 42.5 Å². The summed E-state index contributed by atoms with van der Waals surface area (Å²) in [5.41, 5.74) is 1.56. The number of anilines is 1. The minimum atomic E-state index is -0.344. The summed E-state index contributed by atoms with van der Waals surface area (Å²) in [4.78, 5) is 24.4. The summed E-state index contributed by atoms with van der Waals surface area (Å²) in [5.74, 6) is -0.587. The molecule has 0 unspecified atom stereocenters. The fraction of sp³-hybridized carbons (Fsp3) is 0.300. The molecule has 0 aromatic heterocycles. The first-order chi connectivity index (χ1) is 12.6. The number of hydrogen-bond acceptors (Lipinski definition) is 3. The minimum Gasteiger partial charge on any atom is -0.348 e. The Hall–Kier alpha value is -2.44. The predicted octanol–water partition coefficient (Wildman–Crippen LogP) is 3.12. The first-order valence-electron chi connectivity index (χ1n) is 8.77. The van der Waals surface area contributed by atoms with E-state index in [9.17, 15) is 14.0 Å². The molecule has 7 heteroatoms. The predicted molar refractivity (Wildman–Crippen MR) is 105 cm³/mol. The van der Waals surface area contributed by atoms with Crippen molar-refractivity contribution in [1.29, 1.82) is 0 Å². The van der Waals surface area contributed by atoms with Crippen molar-refractivity contribution in [2.24, 2.45) is 5.92 Å². The van der Waals surface area contributed by atoms with E-state index in [0.717, 1.165) is 25.9 Å². The third kappa shape index (κ3) is 5.77.